The molecule has 2 rings (SSSR count). The van der Waals surface area contributed by atoms with Crippen LogP contribution in [0.4, 0.5) is 5.69 Å². The normalized spacial score (nSPS) is 15.2. The second-order valence-electron chi connectivity index (χ2n) is 6.52. The first-order chi connectivity index (χ1) is 12.5. The lowest BCUT2D eigenvalue weighted by atomic mass is 10.2. The Morgan fingerprint density at radius 1 is 1.23 bits per heavy atom. The average Bonchev–Trinajstić information content (AvgIpc) is 2.67. The van der Waals surface area contributed by atoms with Gasteiger partial charge in [-0.3, -0.25) is 9.79 Å². The first-order valence-corrected chi connectivity index (χ1v) is 9.63. The summed E-state index contributed by atoms with van der Waals surface area (Å²) in [6.07, 6.45) is 2.25. The number of halogens is 1. The number of piperazine rings is 1. The predicted octanol–water partition coefficient (Wildman–Crippen LogP) is 2.30. The largest absolute Gasteiger partial charge is 0.368 e. The van der Waals surface area contributed by atoms with Gasteiger partial charge in [-0.25, -0.2) is 0 Å². The third-order valence-corrected chi connectivity index (χ3v) is 4.89. The molecule has 0 saturated carbocycles. The molecule has 0 bridgehead atoms. The van der Waals surface area contributed by atoms with Crippen LogP contribution in [-0.2, 0) is 4.79 Å². The monoisotopic (exact) mass is 379 g/mol. The third-order valence-electron chi connectivity index (χ3n) is 4.64. The molecule has 1 aliphatic heterocycles. The topological polar surface area (TPSA) is 51.2 Å². The van der Waals surface area contributed by atoms with Gasteiger partial charge in [-0.1, -0.05) is 24.9 Å². The van der Waals surface area contributed by atoms with E-state index in [1.54, 1.807) is 7.05 Å². The fourth-order valence-electron chi connectivity index (χ4n) is 3.02. The Balaban J connectivity index is 1.78. The molecule has 26 heavy (non-hydrogen) atoms. The van der Waals surface area contributed by atoms with Crippen LogP contribution in [0.5, 0.6) is 0 Å². The van der Waals surface area contributed by atoms with E-state index in [0.29, 0.717) is 0 Å². The number of carbonyl (C=O) groups excluding carboxylic acids is 1. The van der Waals surface area contributed by atoms with Crippen LogP contribution >= 0.6 is 11.6 Å². The quantitative estimate of drug-likeness (QED) is 0.608. The number of guanidine groups is 1. The van der Waals surface area contributed by atoms with Gasteiger partial charge in [0.1, 0.15) is 0 Å². The molecule has 144 valence electrons. The maximum absolute atomic E-state index is 12.5. The van der Waals surface area contributed by atoms with E-state index in [1.165, 1.54) is 0 Å². The minimum Gasteiger partial charge on any atom is -0.368 e. The number of hydrogen-bond acceptors (Lipinski definition) is 3. The van der Waals surface area contributed by atoms with Gasteiger partial charge in [-0.15, -0.1) is 0 Å². The average molecular weight is 380 g/mol. The molecule has 1 aromatic rings. The van der Waals surface area contributed by atoms with Crippen molar-refractivity contribution in [2.45, 2.75) is 19.8 Å². The highest BCUT2D eigenvalue weighted by molar-refractivity contribution is 6.30. The van der Waals surface area contributed by atoms with Crippen molar-refractivity contribution in [2.24, 2.45) is 4.99 Å². The van der Waals surface area contributed by atoms with Gasteiger partial charge in [-0.05, 0) is 30.7 Å². The van der Waals surface area contributed by atoms with Crippen LogP contribution in [0.1, 0.15) is 19.8 Å². The molecular weight excluding hydrogens is 350 g/mol. The van der Waals surface area contributed by atoms with Crippen molar-refractivity contribution in [3.8, 4) is 0 Å². The van der Waals surface area contributed by atoms with E-state index < -0.39 is 0 Å². The van der Waals surface area contributed by atoms with Gasteiger partial charge in [0.15, 0.2) is 5.96 Å². The van der Waals surface area contributed by atoms with Crippen LogP contribution in [0.25, 0.3) is 0 Å². The van der Waals surface area contributed by atoms with Crippen molar-refractivity contribution in [1.82, 2.24) is 15.1 Å². The van der Waals surface area contributed by atoms with Crippen molar-refractivity contribution in [2.75, 3.05) is 58.3 Å². The summed E-state index contributed by atoms with van der Waals surface area (Å²) >= 11 is 5.95. The number of benzene rings is 1. The molecule has 1 fully saturated rings. The Bertz CT molecular complexity index is 596. The lowest BCUT2D eigenvalue weighted by Crippen LogP contribution is -2.52. The molecule has 0 aliphatic carbocycles. The molecule has 0 unspecified atom stereocenters. The van der Waals surface area contributed by atoms with Gasteiger partial charge in [0.05, 0.1) is 6.54 Å². The number of amides is 1. The van der Waals surface area contributed by atoms with Gasteiger partial charge in [-0.2, -0.15) is 0 Å². The number of aliphatic imine (C=N–C) groups is 1. The number of rotatable bonds is 6. The summed E-state index contributed by atoms with van der Waals surface area (Å²) in [7, 11) is 3.75. The highest BCUT2D eigenvalue weighted by Gasteiger charge is 2.21. The maximum Gasteiger partial charge on any atom is 0.242 e. The Labute approximate surface area is 161 Å². The molecule has 0 aromatic heterocycles. The lowest BCUT2D eigenvalue weighted by molar-refractivity contribution is -0.130. The van der Waals surface area contributed by atoms with Crippen molar-refractivity contribution >= 4 is 29.2 Å². The van der Waals surface area contributed by atoms with Crippen LogP contribution in [0.15, 0.2) is 29.3 Å². The standard InChI is InChI=1S/C19H30ClN5O/c1-4-5-10-23(3)19(21-2)22-15-18(26)25-13-11-24(12-14-25)17-8-6-16(20)7-9-17/h6-9H,4-5,10-15H2,1-3H3,(H,21,22). The first-order valence-electron chi connectivity index (χ1n) is 9.25. The number of carbonyl (C=O) groups is 1. The SMILES string of the molecule is CCCCN(C)C(=NC)NCC(=O)N1CCN(c2ccc(Cl)cc2)CC1. The van der Waals surface area contributed by atoms with Gasteiger partial charge < -0.3 is 20.0 Å². The molecule has 1 N–H and O–H groups in total. The number of anilines is 1. The number of hydrogen-bond donors (Lipinski definition) is 1. The summed E-state index contributed by atoms with van der Waals surface area (Å²) in [5.41, 5.74) is 1.15. The van der Waals surface area contributed by atoms with E-state index in [1.807, 2.05) is 36.2 Å². The van der Waals surface area contributed by atoms with Crippen LogP contribution < -0.4 is 10.2 Å². The summed E-state index contributed by atoms with van der Waals surface area (Å²) in [6, 6.07) is 7.85. The highest BCUT2D eigenvalue weighted by atomic mass is 35.5. The molecule has 6 nitrogen and oxygen atoms in total. The van der Waals surface area contributed by atoms with E-state index in [9.17, 15) is 4.79 Å². The van der Waals surface area contributed by atoms with Gasteiger partial charge in [0.25, 0.3) is 0 Å². The van der Waals surface area contributed by atoms with Crippen LogP contribution in [0.3, 0.4) is 0 Å². The number of nitrogens with zero attached hydrogens (tertiary/aromatic N) is 4. The van der Waals surface area contributed by atoms with Crippen molar-refractivity contribution < 1.29 is 4.79 Å². The number of unbranched alkanes of at least 4 members (excludes halogenated alkanes) is 1. The molecule has 0 radical (unpaired) electrons. The minimum atomic E-state index is 0.116. The Morgan fingerprint density at radius 3 is 2.46 bits per heavy atom. The summed E-state index contributed by atoms with van der Waals surface area (Å²) < 4.78 is 0. The van der Waals surface area contributed by atoms with E-state index in [0.717, 1.165) is 62.2 Å². The van der Waals surface area contributed by atoms with E-state index in [-0.39, 0.29) is 12.5 Å². The second-order valence-corrected chi connectivity index (χ2v) is 6.96. The van der Waals surface area contributed by atoms with Crippen molar-refractivity contribution in [1.29, 1.82) is 0 Å². The van der Waals surface area contributed by atoms with Gasteiger partial charge in [0, 0.05) is 57.5 Å². The maximum atomic E-state index is 12.5. The van der Waals surface area contributed by atoms with Gasteiger partial charge >= 0.3 is 0 Å². The predicted molar refractivity (Wildman–Crippen MR) is 109 cm³/mol. The molecule has 0 atom stereocenters. The zero-order chi connectivity index (χ0) is 18.9. The zero-order valence-corrected chi connectivity index (χ0v) is 16.8. The first kappa shape index (κ1) is 20.4. The summed E-state index contributed by atoms with van der Waals surface area (Å²) in [5.74, 6) is 0.886. The highest BCUT2D eigenvalue weighted by Crippen LogP contribution is 2.19. The molecule has 1 heterocycles. The number of nitrogens with one attached hydrogen (secondary N) is 1. The lowest BCUT2D eigenvalue weighted by Gasteiger charge is -2.36. The Morgan fingerprint density at radius 2 is 1.88 bits per heavy atom. The molecule has 1 aromatic carbocycles. The van der Waals surface area contributed by atoms with Crippen LogP contribution in [-0.4, -0.2) is 75.0 Å². The Kier molecular flexibility index (Phi) is 8.04. The minimum absolute atomic E-state index is 0.116. The van der Waals surface area contributed by atoms with E-state index >= 15 is 0 Å². The van der Waals surface area contributed by atoms with Crippen LogP contribution in [0, 0.1) is 0 Å². The van der Waals surface area contributed by atoms with Gasteiger partial charge in [0.2, 0.25) is 5.91 Å². The molecule has 1 saturated heterocycles. The Hall–Kier alpha value is -1.95. The molecular formula is C19H30ClN5O. The zero-order valence-electron chi connectivity index (χ0n) is 16.0. The summed E-state index contributed by atoms with van der Waals surface area (Å²) in [5, 5.41) is 3.92. The molecule has 7 heteroatoms. The fraction of sp³-hybridized carbons (Fsp3) is 0.579. The third kappa shape index (κ3) is 5.80. The fourth-order valence-corrected chi connectivity index (χ4v) is 3.14. The molecule has 1 amide bonds. The van der Waals surface area contributed by atoms with Crippen LogP contribution in [0.2, 0.25) is 5.02 Å². The molecule has 0 spiro atoms. The van der Waals surface area contributed by atoms with Crippen molar-refractivity contribution in [3.63, 3.8) is 0 Å². The second kappa shape index (κ2) is 10.3. The smallest absolute Gasteiger partial charge is 0.242 e. The van der Waals surface area contributed by atoms with Crippen molar-refractivity contribution in [3.05, 3.63) is 29.3 Å². The molecule has 1 aliphatic rings. The summed E-state index contributed by atoms with van der Waals surface area (Å²) in [6.45, 7) is 6.50. The van der Waals surface area contributed by atoms with E-state index in [4.69, 9.17) is 11.6 Å². The van der Waals surface area contributed by atoms with E-state index in [2.05, 4.69) is 27.0 Å². The summed E-state index contributed by atoms with van der Waals surface area (Å²) in [4.78, 5) is 23.0.